The molecule has 1 amide bonds. The fourth-order valence-electron chi connectivity index (χ4n) is 1.71. The van der Waals surface area contributed by atoms with Crippen LogP contribution in [0.1, 0.15) is 19.3 Å². The molecule has 5 heteroatoms. The van der Waals surface area contributed by atoms with Crippen LogP contribution in [0.25, 0.3) is 0 Å². The zero-order valence-electron chi connectivity index (χ0n) is 7.95. The van der Waals surface area contributed by atoms with Gasteiger partial charge in [0.25, 0.3) is 0 Å². The van der Waals surface area contributed by atoms with Crippen molar-refractivity contribution in [3.05, 3.63) is 0 Å². The molecule has 76 valence electrons. The molecule has 0 saturated carbocycles. The van der Waals surface area contributed by atoms with Crippen molar-refractivity contribution in [2.24, 2.45) is 5.84 Å². The second kappa shape index (κ2) is 5.04. The first-order valence-electron chi connectivity index (χ1n) is 4.57. The molecule has 1 atom stereocenters. The number of carbonyl (C=O) groups is 1. The highest BCUT2D eigenvalue weighted by Crippen LogP contribution is 2.16. The summed E-state index contributed by atoms with van der Waals surface area (Å²) in [7, 11) is 1.41. The largest absolute Gasteiger partial charge is 0.453 e. The van der Waals surface area contributed by atoms with Crippen LogP contribution >= 0.6 is 0 Å². The summed E-state index contributed by atoms with van der Waals surface area (Å²) in [5.74, 6) is 5.23. The zero-order valence-corrected chi connectivity index (χ0v) is 7.95. The van der Waals surface area contributed by atoms with Gasteiger partial charge in [0.05, 0.1) is 7.11 Å². The monoisotopic (exact) mass is 187 g/mol. The van der Waals surface area contributed by atoms with E-state index in [0.29, 0.717) is 6.54 Å². The predicted octanol–water partition coefficient (Wildman–Crippen LogP) is 0.0706. The van der Waals surface area contributed by atoms with Crippen LogP contribution in [0.4, 0.5) is 4.79 Å². The minimum absolute atomic E-state index is 0.186. The fourth-order valence-corrected chi connectivity index (χ4v) is 1.71. The van der Waals surface area contributed by atoms with Gasteiger partial charge in [-0.2, -0.15) is 0 Å². The van der Waals surface area contributed by atoms with Crippen LogP contribution in [0.2, 0.25) is 0 Å². The third kappa shape index (κ3) is 2.57. The summed E-state index contributed by atoms with van der Waals surface area (Å²) in [6.07, 6.45) is 2.95. The average Bonchev–Trinajstić information content (AvgIpc) is 2.18. The van der Waals surface area contributed by atoms with Gasteiger partial charge in [-0.1, -0.05) is 0 Å². The van der Waals surface area contributed by atoms with Crippen LogP contribution in [0.3, 0.4) is 0 Å². The number of methoxy groups -OCH3 is 1. The van der Waals surface area contributed by atoms with Gasteiger partial charge in [-0.15, -0.1) is 0 Å². The van der Waals surface area contributed by atoms with Crippen molar-refractivity contribution in [3.63, 3.8) is 0 Å². The second-order valence-electron chi connectivity index (χ2n) is 3.22. The maximum atomic E-state index is 11.3. The van der Waals surface area contributed by atoms with Crippen LogP contribution in [0.5, 0.6) is 0 Å². The molecule has 5 nitrogen and oxygen atoms in total. The van der Waals surface area contributed by atoms with Crippen molar-refractivity contribution in [2.45, 2.75) is 25.3 Å². The highest BCUT2D eigenvalue weighted by Gasteiger charge is 2.26. The van der Waals surface area contributed by atoms with E-state index in [1.807, 2.05) is 0 Å². The van der Waals surface area contributed by atoms with E-state index in [2.05, 4.69) is 10.2 Å². The Hall–Kier alpha value is -0.810. The number of hydrazine groups is 1. The van der Waals surface area contributed by atoms with Crippen molar-refractivity contribution in [2.75, 3.05) is 20.2 Å². The maximum Gasteiger partial charge on any atom is 0.409 e. The highest BCUT2D eigenvalue weighted by atomic mass is 16.5. The summed E-state index contributed by atoms with van der Waals surface area (Å²) in [5.41, 5.74) is 2.60. The Morgan fingerprint density at radius 1 is 1.69 bits per heavy atom. The van der Waals surface area contributed by atoms with E-state index in [4.69, 9.17) is 5.84 Å². The smallest absolute Gasteiger partial charge is 0.409 e. The van der Waals surface area contributed by atoms with Crippen LogP contribution in [0.15, 0.2) is 0 Å². The summed E-state index contributed by atoms with van der Waals surface area (Å²) in [6, 6.07) is 0.186. The van der Waals surface area contributed by atoms with Gasteiger partial charge in [0.2, 0.25) is 0 Å². The summed E-state index contributed by atoms with van der Waals surface area (Å²) in [6.45, 7) is 1.41. The van der Waals surface area contributed by atoms with Crippen molar-refractivity contribution in [1.29, 1.82) is 0 Å². The predicted molar refractivity (Wildman–Crippen MR) is 48.9 cm³/mol. The number of nitrogens with zero attached hydrogens (tertiary/aromatic N) is 1. The van der Waals surface area contributed by atoms with Crippen LogP contribution in [0, 0.1) is 0 Å². The molecule has 3 N–H and O–H groups in total. The molecule has 0 aliphatic carbocycles. The molecule has 1 aliphatic heterocycles. The SMILES string of the molecule is COC(=O)N1CCCCC1CNN. The normalized spacial score (nSPS) is 22.9. The third-order valence-corrected chi connectivity index (χ3v) is 2.39. The second-order valence-corrected chi connectivity index (χ2v) is 3.22. The van der Waals surface area contributed by atoms with Gasteiger partial charge >= 0.3 is 6.09 Å². The molecule has 0 aromatic rings. The number of likely N-dealkylation sites (tertiary alicyclic amines) is 1. The van der Waals surface area contributed by atoms with E-state index in [-0.39, 0.29) is 12.1 Å². The maximum absolute atomic E-state index is 11.3. The molecule has 0 aromatic heterocycles. The van der Waals surface area contributed by atoms with Gasteiger partial charge in [-0.25, -0.2) is 4.79 Å². The number of ether oxygens (including phenoxy) is 1. The first kappa shape index (κ1) is 10.3. The molecular weight excluding hydrogens is 170 g/mol. The van der Waals surface area contributed by atoms with Crippen LogP contribution < -0.4 is 11.3 Å². The Labute approximate surface area is 78.2 Å². The Balaban J connectivity index is 2.50. The quantitative estimate of drug-likeness (QED) is 0.474. The van der Waals surface area contributed by atoms with Gasteiger partial charge in [0.1, 0.15) is 0 Å². The number of nitrogens with one attached hydrogen (secondary N) is 1. The lowest BCUT2D eigenvalue weighted by Crippen LogP contribution is -2.49. The van der Waals surface area contributed by atoms with E-state index in [1.54, 1.807) is 4.90 Å². The average molecular weight is 187 g/mol. The number of piperidine rings is 1. The molecule has 0 bridgehead atoms. The van der Waals surface area contributed by atoms with Crippen molar-refractivity contribution in [3.8, 4) is 0 Å². The number of nitrogens with two attached hydrogens (primary N) is 1. The molecule has 1 rings (SSSR count). The van der Waals surface area contributed by atoms with Crippen molar-refractivity contribution >= 4 is 6.09 Å². The number of hydrogen-bond donors (Lipinski definition) is 2. The molecule has 1 heterocycles. The lowest BCUT2D eigenvalue weighted by atomic mass is 10.0. The standard InChI is InChI=1S/C8H17N3O2/c1-13-8(12)11-5-3-2-4-7(11)6-10-9/h7,10H,2-6,9H2,1H3. The van der Waals surface area contributed by atoms with Gasteiger partial charge in [-0.3, -0.25) is 11.3 Å². The van der Waals surface area contributed by atoms with Crippen LogP contribution in [-0.2, 0) is 4.74 Å². The fraction of sp³-hybridized carbons (Fsp3) is 0.875. The van der Waals surface area contributed by atoms with E-state index in [0.717, 1.165) is 25.8 Å². The Morgan fingerprint density at radius 2 is 2.46 bits per heavy atom. The summed E-state index contributed by atoms with van der Waals surface area (Å²) in [5, 5.41) is 0. The minimum atomic E-state index is -0.250. The summed E-state index contributed by atoms with van der Waals surface area (Å²) >= 11 is 0. The summed E-state index contributed by atoms with van der Waals surface area (Å²) < 4.78 is 4.68. The molecular formula is C8H17N3O2. The molecule has 0 spiro atoms. The molecule has 13 heavy (non-hydrogen) atoms. The molecule has 0 aromatic carbocycles. The Kier molecular flexibility index (Phi) is 3.98. The molecule has 1 unspecified atom stereocenters. The van der Waals surface area contributed by atoms with Gasteiger partial charge < -0.3 is 9.64 Å². The Bertz CT molecular complexity index is 173. The number of amides is 1. The van der Waals surface area contributed by atoms with Gasteiger partial charge in [0.15, 0.2) is 0 Å². The molecule has 0 radical (unpaired) electrons. The molecule has 1 aliphatic rings. The van der Waals surface area contributed by atoms with Gasteiger partial charge in [-0.05, 0) is 19.3 Å². The number of carbonyl (C=O) groups excluding carboxylic acids is 1. The van der Waals surface area contributed by atoms with Gasteiger partial charge in [0, 0.05) is 19.1 Å². The lowest BCUT2D eigenvalue weighted by Gasteiger charge is -2.34. The van der Waals surface area contributed by atoms with Crippen molar-refractivity contribution < 1.29 is 9.53 Å². The molecule has 1 saturated heterocycles. The summed E-state index contributed by atoms with van der Waals surface area (Å²) in [4.78, 5) is 13.0. The van der Waals surface area contributed by atoms with E-state index in [9.17, 15) is 4.79 Å². The third-order valence-electron chi connectivity index (χ3n) is 2.39. The lowest BCUT2D eigenvalue weighted by molar-refractivity contribution is 0.0893. The Morgan fingerprint density at radius 3 is 3.08 bits per heavy atom. The zero-order chi connectivity index (χ0) is 9.68. The minimum Gasteiger partial charge on any atom is -0.453 e. The number of hydrogen-bond acceptors (Lipinski definition) is 4. The van der Waals surface area contributed by atoms with E-state index < -0.39 is 0 Å². The first-order chi connectivity index (χ1) is 6.29. The van der Waals surface area contributed by atoms with E-state index >= 15 is 0 Å². The van der Waals surface area contributed by atoms with Crippen molar-refractivity contribution in [1.82, 2.24) is 10.3 Å². The highest BCUT2D eigenvalue weighted by molar-refractivity contribution is 5.68. The first-order valence-corrected chi connectivity index (χ1v) is 4.57. The van der Waals surface area contributed by atoms with E-state index in [1.165, 1.54) is 7.11 Å². The molecule has 1 fully saturated rings. The van der Waals surface area contributed by atoms with Crippen LogP contribution in [-0.4, -0.2) is 37.2 Å². The topological polar surface area (TPSA) is 67.6 Å². The number of rotatable bonds is 2.